The first-order chi connectivity index (χ1) is 7.00. The van der Waals surface area contributed by atoms with Crippen molar-refractivity contribution in [3.8, 4) is 0 Å². The lowest BCUT2D eigenvalue weighted by Gasteiger charge is -2.09. The maximum atomic E-state index is 11.3. The van der Waals surface area contributed by atoms with E-state index in [1.807, 2.05) is 13.8 Å². The van der Waals surface area contributed by atoms with Crippen LogP contribution in [-0.4, -0.2) is 21.9 Å². The Morgan fingerprint density at radius 1 is 1.67 bits per heavy atom. The number of nitrogen functional groups attached to an aromatic ring is 1. The van der Waals surface area contributed by atoms with Crippen molar-refractivity contribution in [1.82, 2.24) is 20.4 Å². The molecule has 0 spiro atoms. The Morgan fingerprint density at radius 3 is 2.80 bits per heavy atom. The summed E-state index contributed by atoms with van der Waals surface area (Å²) >= 11 is 0. The Balaban J connectivity index is 2.44. The van der Waals surface area contributed by atoms with E-state index in [9.17, 15) is 4.79 Å². The summed E-state index contributed by atoms with van der Waals surface area (Å²) in [6, 6.07) is -0.0792. The van der Waals surface area contributed by atoms with Crippen molar-refractivity contribution >= 4 is 11.8 Å². The van der Waals surface area contributed by atoms with Gasteiger partial charge in [0.1, 0.15) is 5.82 Å². The topological polar surface area (TPSA) is 85.0 Å². The number of nitrogens with two attached hydrogens (primary N) is 1. The van der Waals surface area contributed by atoms with Crippen molar-refractivity contribution in [2.45, 2.75) is 26.4 Å². The highest BCUT2D eigenvalue weighted by atomic mass is 16.2. The first-order valence-electron chi connectivity index (χ1n) is 4.81. The molecule has 1 heterocycles. The van der Waals surface area contributed by atoms with E-state index < -0.39 is 0 Å². The summed E-state index contributed by atoms with van der Waals surface area (Å²) in [6.07, 6.45) is 1.64. The van der Waals surface area contributed by atoms with Gasteiger partial charge in [0.2, 0.25) is 0 Å². The Bertz CT molecular complexity index is 344. The van der Waals surface area contributed by atoms with Gasteiger partial charge in [-0.3, -0.25) is 4.68 Å². The number of anilines is 1. The minimum atomic E-state index is -0.201. The van der Waals surface area contributed by atoms with Crippen LogP contribution in [-0.2, 0) is 13.6 Å². The van der Waals surface area contributed by atoms with E-state index >= 15 is 0 Å². The summed E-state index contributed by atoms with van der Waals surface area (Å²) in [6.45, 7) is 4.19. The summed E-state index contributed by atoms with van der Waals surface area (Å²) in [7, 11) is 1.76. The van der Waals surface area contributed by atoms with E-state index in [-0.39, 0.29) is 12.1 Å². The number of rotatable bonds is 3. The Morgan fingerprint density at radius 2 is 2.33 bits per heavy atom. The van der Waals surface area contributed by atoms with Gasteiger partial charge in [0, 0.05) is 25.2 Å². The van der Waals surface area contributed by atoms with Gasteiger partial charge in [-0.15, -0.1) is 0 Å². The predicted molar refractivity (Wildman–Crippen MR) is 58.1 cm³/mol. The molecule has 0 aliphatic heterocycles. The first-order valence-corrected chi connectivity index (χ1v) is 4.81. The van der Waals surface area contributed by atoms with Crippen LogP contribution in [0.1, 0.15) is 19.4 Å². The number of hydrogen-bond acceptors (Lipinski definition) is 3. The molecule has 1 rings (SSSR count). The van der Waals surface area contributed by atoms with Gasteiger partial charge in [-0.2, -0.15) is 5.10 Å². The third kappa shape index (κ3) is 3.16. The van der Waals surface area contributed by atoms with Gasteiger partial charge in [-0.1, -0.05) is 0 Å². The second kappa shape index (κ2) is 4.68. The molecule has 0 atom stereocenters. The number of nitrogens with zero attached hydrogens (tertiary/aromatic N) is 2. The van der Waals surface area contributed by atoms with Gasteiger partial charge in [0.15, 0.2) is 0 Å². The molecule has 0 fully saturated rings. The van der Waals surface area contributed by atoms with Crippen LogP contribution >= 0.6 is 0 Å². The number of aryl methyl sites for hydroxylation is 1. The third-order valence-corrected chi connectivity index (χ3v) is 1.92. The second-order valence-corrected chi connectivity index (χ2v) is 3.66. The zero-order valence-corrected chi connectivity index (χ0v) is 9.24. The summed E-state index contributed by atoms with van der Waals surface area (Å²) in [5.74, 6) is 0.569. The van der Waals surface area contributed by atoms with E-state index in [2.05, 4.69) is 15.7 Å². The average Bonchev–Trinajstić information content (AvgIpc) is 2.44. The molecule has 0 saturated heterocycles. The molecule has 6 nitrogen and oxygen atoms in total. The number of carbonyl (C=O) groups excluding carboxylic acids is 1. The molecule has 0 aliphatic rings. The Hall–Kier alpha value is -1.72. The third-order valence-electron chi connectivity index (χ3n) is 1.92. The van der Waals surface area contributed by atoms with E-state index in [1.165, 1.54) is 0 Å². The second-order valence-electron chi connectivity index (χ2n) is 3.66. The number of hydrogen-bond donors (Lipinski definition) is 3. The fourth-order valence-electron chi connectivity index (χ4n) is 1.12. The van der Waals surface area contributed by atoms with Crippen LogP contribution < -0.4 is 16.4 Å². The van der Waals surface area contributed by atoms with Crippen LogP contribution in [0.2, 0.25) is 0 Å². The van der Waals surface area contributed by atoms with Crippen molar-refractivity contribution in [2.24, 2.45) is 7.05 Å². The average molecular weight is 211 g/mol. The largest absolute Gasteiger partial charge is 0.384 e. The van der Waals surface area contributed by atoms with Crippen molar-refractivity contribution in [3.63, 3.8) is 0 Å². The maximum Gasteiger partial charge on any atom is 0.315 e. The molecule has 15 heavy (non-hydrogen) atoms. The number of aromatic nitrogens is 2. The van der Waals surface area contributed by atoms with E-state index in [1.54, 1.807) is 17.9 Å². The molecule has 2 amide bonds. The lowest BCUT2D eigenvalue weighted by molar-refractivity contribution is 0.238. The van der Waals surface area contributed by atoms with E-state index in [0.29, 0.717) is 12.4 Å². The lowest BCUT2D eigenvalue weighted by atomic mass is 10.3. The van der Waals surface area contributed by atoms with Crippen molar-refractivity contribution < 1.29 is 4.79 Å². The molecule has 1 aromatic rings. The molecule has 0 aromatic carbocycles. The van der Waals surface area contributed by atoms with Gasteiger partial charge >= 0.3 is 6.03 Å². The van der Waals surface area contributed by atoms with Crippen molar-refractivity contribution in [3.05, 3.63) is 11.8 Å². The number of amides is 2. The molecule has 0 aliphatic carbocycles. The van der Waals surface area contributed by atoms with Gasteiger partial charge in [-0.05, 0) is 13.8 Å². The van der Waals surface area contributed by atoms with E-state index in [0.717, 1.165) is 5.56 Å². The van der Waals surface area contributed by atoms with Gasteiger partial charge in [0.25, 0.3) is 0 Å². The predicted octanol–water partition coefficient (Wildman–Crippen LogP) is 0.210. The van der Waals surface area contributed by atoms with Crippen LogP contribution in [0.15, 0.2) is 6.20 Å². The molecular weight excluding hydrogens is 194 g/mol. The maximum absolute atomic E-state index is 11.3. The monoisotopic (exact) mass is 211 g/mol. The number of nitrogens with one attached hydrogen (secondary N) is 2. The molecule has 0 saturated carbocycles. The summed E-state index contributed by atoms with van der Waals surface area (Å²) < 4.78 is 1.57. The van der Waals surface area contributed by atoms with Crippen molar-refractivity contribution in [1.29, 1.82) is 0 Å². The normalized spacial score (nSPS) is 10.4. The van der Waals surface area contributed by atoms with Crippen molar-refractivity contribution in [2.75, 3.05) is 5.73 Å². The summed E-state index contributed by atoms with van der Waals surface area (Å²) in [5, 5.41) is 9.40. The van der Waals surface area contributed by atoms with Crippen LogP contribution in [0.25, 0.3) is 0 Å². The standard InChI is InChI=1S/C9H17N5O/c1-6(2)13-9(15)11-4-7-5-12-14(3)8(7)10/h5-6H,4,10H2,1-3H3,(H2,11,13,15). The minimum absolute atomic E-state index is 0.122. The molecule has 1 aromatic heterocycles. The molecule has 84 valence electrons. The molecule has 0 unspecified atom stereocenters. The van der Waals surface area contributed by atoms with Crippen LogP contribution in [0.4, 0.5) is 10.6 Å². The van der Waals surface area contributed by atoms with Crippen LogP contribution in [0.5, 0.6) is 0 Å². The van der Waals surface area contributed by atoms with Gasteiger partial charge in [0.05, 0.1) is 6.20 Å². The smallest absolute Gasteiger partial charge is 0.315 e. The minimum Gasteiger partial charge on any atom is -0.384 e. The zero-order valence-electron chi connectivity index (χ0n) is 9.24. The summed E-state index contributed by atoms with van der Waals surface area (Å²) in [5.41, 5.74) is 6.53. The zero-order chi connectivity index (χ0) is 11.4. The molecule has 4 N–H and O–H groups in total. The fourth-order valence-corrected chi connectivity index (χ4v) is 1.12. The van der Waals surface area contributed by atoms with Gasteiger partial charge in [-0.25, -0.2) is 4.79 Å². The Labute approximate surface area is 88.8 Å². The van der Waals surface area contributed by atoms with Crippen LogP contribution in [0.3, 0.4) is 0 Å². The van der Waals surface area contributed by atoms with E-state index in [4.69, 9.17) is 5.73 Å². The highest BCUT2D eigenvalue weighted by Crippen LogP contribution is 2.07. The Kier molecular flexibility index (Phi) is 3.54. The lowest BCUT2D eigenvalue weighted by Crippen LogP contribution is -2.39. The highest BCUT2D eigenvalue weighted by Gasteiger charge is 2.06. The highest BCUT2D eigenvalue weighted by molar-refractivity contribution is 5.74. The molecule has 0 bridgehead atoms. The quantitative estimate of drug-likeness (QED) is 0.668. The number of urea groups is 1. The molecule has 0 radical (unpaired) electrons. The molecular formula is C9H17N5O. The number of carbonyl (C=O) groups is 1. The first kappa shape index (κ1) is 11.4. The SMILES string of the molecule is CC(C)NC(=O)NCc1cnn(C)c1N. The summed E-state index contributed by atoms with van der Waals surface area (Å²) in [4.78, 5) is 11.3. The fraction of sp³-hybridized carbons (Fsp3) is 0.556. The van der Waals surface area contributed by atoms with Gasteiger partial charge < -0.3 is 16.4 Å². The molecule has 6 heteroatoms. The van der Waals surface area contributed by atoms with Crippen LogP contribution in [0, 0.1) is 0 Å².